The molecule has 4 heterocycles. The molecule has 0 aliphatic rings. The van der Waals surface area contributed by atoms with E-state index in [2.05, 4.69) is 122 Å². The Morgan fingerprint density at radius 2 is 0.600 bits per heavy atom. The van der Waals surface area contributed by atoms with E-state index in [1.807, 2.05) is 91.9 Å². The summed E-state index contributed by atoms with van der Waals surface area (Å²) in [6.07, 6.45) is -9.23. The van der Waals surface area contributed by atoms with Crippen molar-refractivity contribution in [2.45, 2.75) is 26.2 Å². The molecular weight excluding hydrogens is 1010 g/mol. The molecule has 0 unspecified atom stereocenters. The van der Waals surface area contributed by atoms with Gasteiger partial charge in [-0.25, -0.2) is 0 Å². The summed E-state index contributed by atoms with van der Waals surface area (Å²) in [5.74, 6) is 0. The van der Waals surface area contributed by atoms with Crippen LogP contribution in [0.5, 0.6) is 0 Å². The van der Waals surface area contributed by atoms with Crippen molar-refractivity contribution in [3.63, 3.8) is 0 Å². The first kappa shape index (κ1) is 47.4. The molecule has 0 aliphatic heterocycles. The second kappa shape index (κ2) is 17.4. The van der Waals surface area contributed by atoms with Crippen LogP contribution in [0.3, 0.4) is 0 Å². The lowest BCUT2D eigenvalue weighted by atomic mass is 9.86. The molecule has 10 heteroatoms. The average Bonchev–Trinajstić information content (AvgIpc) is 4.22. The zero-order valence-corrected chi connectivity index (χ0v) is 43.0. The fourth-order valence-corrected chi connectivity index (χ4v) is 13.1. The van der Waals surface area contributed by atoms with Crippen molar-refractivity contribution in [3.8, 4) is 45.0 Å². The summed E-state index contributed by atoms with van der Waals surface area (Å²) in [4.78, 5) is 0. The van der Waals surface area contributed by atoms with E-state index >= 15 is 0 Å². The van der Waals surface area contributed by atoms with Crippen molar-refractivity contribution in [1.29, 1.82) is 0 Å². The van der Waals surface area contributed by atoms with E-state index in [9.17, 15) is 26.3 Å². The van der Waals surface area contributed by atoms with Crippen molar-refractivity contribution in [2.75, 3.05) is 0 Å². The normalized spacial score (nSPS) is 12.5. The van der Waals surface area contributed by atoms with Gasteiger partial charge in [0.25, 0.3) is 0 Å². The summed E-state index contributed by atoms with van der Waals surface area (Å²) in [7, 11) is 0. The van der Waals surface area contributed by atoms with Crippen molar-refractivity contribution in [3.05, 3.63) is 253 Å². The van der Waals surface area contributed by atoms with Crippen molar-refractivity contribution >= 4 is 87.2 Å². The quantitative estimate of drug-likeness (QED) is 0.148. The van der Waals surface area contributed by atoms with Gasteiger partial charge in [-0.05, 0) is 121 Å². The molecule has 4 aromatic heterocycles. The monoisotopic (exact) mass is 1050 g/mol. The van der Waals surface area contributed by atoms with Gasteiger partial charge in [0.05, 0.1) is 66.6 Å². The van der Waals surface area contributed by atoms with Crippen LogP contribution in [-0.2, 0) is 12.4 Å². The van der Waals surface area contributed by atoms with Gasteiger partial charge in [0.1, 0.15) is 0 Å². The third-order valence-electron chi connectivity index (χ3n) is 16.4. The predicted molar refractivity (Wildman–Crippen MR) is 314 cm³/mol. The maximum absolute atomic E-state index is 14.6. The SMILES string of the molecule is Cc1c(-c2ccc(C(F)(F)F)cc2)c(-n2c3ccccc3c3ccc4c(c5ccccc5n4-c4ccccc4)c32)c(C)c(-n2c3ccccc3c3ccc4c(c5ccccc5n4-c4ccccc4)c32)c1-c1ccc(C(F)(F)F)cc1. The highest BCUT2D eigenvalue weighted by Gasteiger charge is 2.34. The Bertz CT molecular complexity index is 4700. The highest BCUT2D eigenvalue weighted by molar-refractivity contribution is 6.28. The van der Waals surface area contributed by atoms with Gasteiger partial charge in [-0.2, -0.15) is 26.3 Å². The second-order valence-corrected chi connectivity index (χ2v) is 20.6. The first-order chi connectivity index (χ1) is 38.9. The number of nitrogens with zero attached hydrogens (tertiary/aromatic N) is 4. The van der Waals surface area contributed by atoms with Gasteiger partial charge >= 0.3 is 12.4 Å². The first-order valence-electron chi connectivity index (χ1n) is 26.4. The molecule has 0 atom stereocenters. The first-order valence-corrected chi connectivity index (χ1v) is 26.4. The van der Waals surface area contributed by atoms with Crippen LogP contribution in [0.4, 0.5) is 26.3 Å². The number of aromatic nitrogens is 4. The van der Waals surface area contributed by atoms with E-state index in [0.717, 1.165) is 128 Å². The van der Waals surface area contributed by atoms with E-state index in [0.29, 0.717) is 39.2 Å². The number of halogens is 6. The Morgan fingerprint density at radius 3 is 0.963 bits per heavy atom. The zero-order chi connectivity index (χ0) is 54.3. The average molecular weight is 1060 g/mol. The minimum absolute atomic E-state index is 0.508. The maximum Gasteiger partial charge on any atom is 0.416 e. The van der Waals surface area contributed by atoms with Crippen LogP contribution in [0.2, 0.25) is 0 Å². The van der Waals surface area contributed by atoms with Gasteiger partial charge in [0.2, 0.25) is 0 Å². The molecule has 0 fully saturated rings. The molecule has 0 radical (unpaired) electrons. The van der Waals surface area contributed by atoms with Crippen molar-refractivity contribution < 1.29 is 26.3 Å². The topological polar surface area (TPSA) is 19.7 Å². The molecule has 4 nitrogen and oxygen atoms in total. The third kappa shape index (κ3) is 6.84. The van der Waals surface area contributed by atoms with E-state index in [1.165, 1.54) is 24.3 Å². The lowest BCUT2D eigenvalue weighted by molar-refractivity contribution is -0.138. The summed E-state index contributed by atoms with van der Waals surface area (Å²) < 4.78 is 96.8. The van der Waals surface area contributed by atoms with Gasteiger partial charge in [-0.15, -0.1) is 0 Å². The standard InChI is InChI=1S/C70H44F6N4/c1-41-61(43-29-33-45(34-30-43)69(71,72)73)65(79-55-25-13-9-21-49(55)51-37-39-59-63(67(51)79)53-23-11-15-27-57(53)77(59)47-17-5-3-6-18-47)42(2)66(62(41)44-31-35-46(36-32-44)70(74,75)76)80-56-26-14-10-22-50(56)52-38-40-60-64(68(52)80)54-24-12-16-28-58(54)78(60)48-19-7-4-8-20-48/h3-40H,1-2H3. The smallest absolute Gasteiger partial charge is 0.309 e. The molecular formula is C70H44F6N4. The molecule has 0 spiro atoms. The van der Waals surface area contributed by atoms with E-state index in [1.54, 1.807) is 0 Å². The largest absolute Gasteiger partial charge is 0.416 e. The van der Waals surface area contributed by atoms with Crippen LogP contribution in [0, 0.1) is 13.8 Å². The molecule has 80 heavy (non-hydrogen) atoms. The highest BCUT2D eigenvalue weighted by atomic mass is 19.4. The molecule has 0 N–H and O–H groups in total. The number of fused-ring (bicyclic) bond motifs is 14. The number of alkyl halides is 6. The lowest BCUT2D eigenvalue weighted by Gasteiger charge is -2.28. The Balaban J connectivity index is 1.19. The Labute approximate surface area is 453 Å². The Kier molecular flexibility index (Phi) is 10.3. The Morgan fingerprint density at radius 1 is 0.275 bits per heavy atom. The summed E-state index contributed by atoms with van der Waals surface area (Å²) in [6, 6.07) is 72.8. The van der Waals surface area contributed by atoms with Crippen LogP contribution in [0.25, 0.3) is 132 Å². The minimum Gasteiger partial charge on any atom is -0.309 e. The van der Waals surface area contributed by atoms with Gasteiger partial charge in [0.15, 0.2) is 0 Å². The molecule has 15 aromatic rings. The number of benzene rings is 11. The van der Waals surface area contributed by atoms with Crippen LogP contribution in [0.15, 0.2) is 231 Å². The molecule has 0 amide bonds. The minimum atomic E-state index is -4.61. The molecule has 15 rings (SSSR count). The lowest BCUT2D eigenvalue weighted by Crippen LogP contribution is -2.11. The Hall–Kier alpha value is -9.80. The molecule has 386 valence electrons. The fourth-order valence-electron chi connectivity index (χ4n) is 13.1. The van der Waals surface area contributed by atoms with Crippen LogP contribution >= 0.6 is 0 Å². The fraction of sp³-hybridized carbons (Fsp3) is 0.0571. The summed E-state index contributed by atoms with van der Waals surface area (Å²) >= 11 is 0. The molecule has 0 saturated heterocycles. The van der Waals surface area contributed by atoms with Crippen LogP contribution < -0.4 is 0 Å². The number of para-hydroxylation sites is 6. The second-order valence-electron chi connectivity index (χ2n) is 20.6. The molecule has 11 aromatic carbocycles. The summed E-state index contributed by atoms with van der Waals surface area (Å²) in [5, 5.41) is 7.86. The summed E-state index contributed by atoms with van der Waals surface area (Å²) in [6.45, 7) is 4.02. The van der Waals surface area contributed by atoms with E-state index in [4.69, 9.17) is 0 Å². The maximum atomic E-state index is 14.6. The van der Waals surface area contributed by atoms with E-state index in [-0.39, 0.29) is 0 Å². The van der Waals surface area contributed by atoms with Gasteiger partial charge in [0, 0.05) is 65.6 Å². The predicted octanol–water partition coefficient (Wildman–Crippen LogP) is 20.1. The van der Waals surface area contributed by atoms with Crippen LogP contribution in [0.1, 0.15) is 22.3 Å². The molecule has 0 aliphatic carbocycles. The third-order valence-corrected chi connectivity index (χ3v) is 16.4. The summed E-state index contributed by atoms with van der Waals surface area (Å²) in [5.41, 5.74) is 12.9. The van der Waals surface area contributed by atoms with E-state index < -0.39 is 23.5 Å². The highest BCUT2D eigenvalue weighted by Crippen LogP contribution is 2.52. The number of hydrogen-bond donors (Lipinski definition) is 0. The van der Waals surface area contributed by atoms with Gasteiger partial charge < -0.3 is 18.3 Å². The van der Waals surface area contributed by atoms with Crippen LogP contribution in [-0.4, -0.2) is 18.3 Å². The number of rotatable bonds is 6. The molecule has 0 saturated carbocycles. The van der Waals surface area contributed by atoms with Crippen molar-refractivity contribution in [2.24, 2.45) is 0 Å². The zero-order valence-electron chi connectivity index (χ0n) is 43.0. The van der Waals surface area contributed by atoms with Gasteiger partial charge in [-0.1, -0.05) is 146 Å². The van der Waals surface area contributed by atoms with Crippen molar-refractivity contribution in [1.82, 2.24) is 18.3 Å². The number of hydrogen-bond acceptors (Lipinski definition) is 0. The van der Waals surface area contributed by atoms with Gasteiger partial charge in [-0.3, -0.25) is 0 Å². The molecule has 0 bridgehead atoms.